The van der Waals surface area contributed by atoms with Gasteiger partial charge in [0.25, 0.3) is 0 Å². The van der Waals surface area contributed by atoms with E-state index in [1.807, 2.05) is 30.8 Å². The molecule has 0 aliphatic rings. The molecule has 1 aromatic heterocycles. The minimum absolute atomic E-state index is 0.240. The largest absolute Gasteiger partial charge is 0.293 e. The highest BCUT2D eigenvalue weighted by molar-refractivity contribution is 7.90. The van der Waals surface area contributed by atoms with Crippen LogP contribution in [0.5, 0.6) is 0 Å². The van der Waals surface area contributed by atoms with Crippen molar-refractivity contribution in [3.05, 3.63) is 46.4 Å². The van der Waals surface area contributed by atoms with E-state index < -0.39 is 9.84 Å². The van der Waals surface area contributed by atoms with Crippen LogP contribution in [0.25, 0.3) is 0 Å². The average Bonchev–Trinajstić information content (AvgIpc) is 2.91. The van der Waals surface area contributed by atoms with Gasteiger partial charge in [-0.2, -0.15) is 0 Å². The Kier molecular flexibility index (Phi) is 4.57. The van der Waals surface area contributed by atoms with Gasteiger partial charge in [-0.05, 0) is 31.7 Å². The summed E-state index contributed by atoms with van der Waals surface area (Å²) in [6.07, 6.45) is 3.03. The molecule has 2 aromatic rings. The van der Waals surface area contributed by atoms with E-state index in [0.717, 1.165) is 17.1 Å². The predicted molar refractivity (Wildman–Crippen MR) is 81.5 cm³/mol. The number of sulfone groups is 1. The molecule has 6 heteroatoms. The average molecular weight is 310 g/mol. The van der Waals surface area contributed by atoms with Gasteiger partial charge in [-0.15, -0.1) is 11.3 Å². The number of thiazole rings is 1. The fourth-order valence-corrected chi connectivity index (χ4v) is 3.29. The van der Waals surface area contributed by atoms with Crippen LogP contribution in [-0.4, -0.2) is 31.6 Å². The van der Waals surface area contributed by atoms with Crippen LogP contribution in [0.3, 0.4) is 0 Å². The Balaban J connectivity index is 2.07. The first-order valence-electron chi connectivity index (χ1n) is 6.26. The van der Waals surface area contributed by atoms with Gasteiger partial charge in [0.15, 0.2) is 9.84 Å². The highest BCUT2D eigenvalue weighted by atomic mass is 32.2. The van der Waals surface area contributed by atoms with E-state index in [9.17, 15) is 8.42 Å². The van der Waals surface area contributed by atoms with Gasteiger partial charge in [0.2, 0.25) is 0 Å². The predicted octanol–water partition coefficient (Wildman–Crippen LogP) is 2.74. The smallest absolute Gasteiger partial charge is 0.175 e. The van der Waals surface area contributed by atoms with E-state index in [-0.39, 0.29) is 6.04 Å². The van der Waals surface area contributed by atoms with Crippen LogP contribution in [-0.2, 0) is 16.4 Å². The van der Waals surface area contributed by atoms with Crippen LogP contribution < -0.4 is 0 Å². The Morgan fingerprint density at radius 3 is 2.45 bits per heavy atom. The molecule has 4 nitrogen and oxygen atoms in total. The van der Waals surface area contributed by atoms with Crippen LogP contribution in [0.15, 0.2) is 40.7 Å². The molecule has 0 spiro atoms. The van der Waals surface area contributed by atoms with Crippen molar-refractivity contribution in [2.45, 2.75) is 24.4 Å². The van der Waals surface area contributed by atoms with E-state index in [1.54, 1.807) is 23.5 Å². The zero-order valence-electron chi connectivity index (χ0n) is 11.8. The molecule has 0 aliphatic carbocycles. The molecule has 20 heavy (non-hydrogen) atoms. The molecule has 0 bridgehead atoms. The summed E-state index contributed by atoms with van der Waals surface area (Å²) < 4.78 is 22.8. The van der Waals surface area contributed by atoms with Crippen LogP contribution in [0.1, 0.15) is 23.5 Å². The lowest BCUT2D eigenvalue weighted by molar-refractivity contribution is 0.252. The maximum Gasteiger partial charge on any atom is 0.175 e. The number of benzene rings is 1. The fraction of sp³-hybridized carbons (Fsp3) is 0.357. The van der Waals surface area contributed by atoms with Gasteiger partial charge in [0, 0.05) is 24.4 Å². The molecular formula is C14H18N2O2S2. The molecule has 0 N–H and O–H groups in total. The first-order chi connectivity index (χ1) is 9.38. The van der Waals surface area contributed by atoms with Gasteiger partial charge < -0.3 is 0 Å². The Bertz CT molecular complexity index is 649. The molecule has 0 unspecified atom stereocenters. The van der Waals surface area contributed by atoms with Crippen molar-refractivity contribution in [3.8, 4) is 0 Å². The molecule has 0 radical (unpaired) electrons. The van der Waals surface area contributed by atoms with Gasteiger partial charge in [0.1, 0.15) is 5.01 Å². The monoisotopic (exact) mass is 310 g/mol. The molecule has 0 saturated carbocycles. The lowest BCUT2D eigenvalue weighted by Crippen LogP contribution is -2.21. The maximum absolute atomic E-state index is 11.4. The van der Waals surface area contributed by atoms with E-state index in [4.69, 9.17) is 0 Å². The van der Waals surface area contributed by atoms with Gasteiger partial charge in [-0.1, -0.05) is 12.1 Å². The Hall–Kier alpha value is -1.24. The third-order valence-electron chi connectivity index (χ3n) is 3.25. The minimum atomic E-state index is -3.12. The molecule has 1 heterocycles. The fourth-order valence-electron chi connectivity index (χ4n) is 1.90. The number of rotatable bonds is 5. The van der Waals surface area contributed by atoms with E-state index in [1.165, 1.54) is 6.26 Å². The zero-order chi connectivity index (χ0) is 14.8. The number of nitrogens with zero attached hydrogens (tertiary/aromatic N) is 2. The quantitative estimate of drug-likeness (QED) is 0.852. The van der Waals surface area contributed by atoms with Crippen LogP contribution in [0, 0.1) is 0 Å². The Morgan fingerprint density at radius 1 is 1.30 bits per heavy atom. The molecule has 1 atom stereocenters. The van der Waals surface area contributed by atoms with Gasteiger partial charge in [-0.25, -0.2) is 13.4 Å². The first kappa shape index (κ1) is 15.2. The van der Waals surface area contributed by atoms with Crippen molar-refractivity contribution in [1.29, 1.82) is 0 Å². The molecule has 0 amide bonds. The number of hydrogen-bond donors (Lipinski definition) is 0. The normalized spacial score (nSPS) is 13.6. The summed E-state index contributed by atoms with van der Waals surface area (Å²) in [5, 5.41) is 3.06. The lowest BCUT2D eigenvalue weighted by atomic mass is 10.2. The molecular weight excluding hydrogens is 292 g/mol. The highest BCUT2D eigenvalue weighted by Crippen LogP contribution is 2.22. The zero-order valence-corrected chi connectivity index (χ0v) is 13.4. The summed E-state index contributed by atoms with van der Waals surface area (Å²) >= 11 is 1.64. The van der Waals surface area contributed by atoms with Crippen LogP contribution in [0.2, 0.25) is 0 Å². The topological polar surface area (TPSA) is 50.3 Å². The van der Waals surface area contributed by atoms with Crippen LogP contribution >= 0.6 is 11.3 Å². The summed E-state index contributed by atoms with van der Waals surface area (Å²) in [6, 6.07) is 7.28. The van der Waals surface area contributed by atoms with Crippen molar-refractivity contribution in [2.75, 3.05) is 13.3 Å². The van der Waals surface area contributed by atoms with Crippen molar-refractivity contribution >= 4 is 21.2 Å². The molecule has 108 valence electrons. The van der Waals surface area contributed by atoms with Gasteiger partial charge in [0.05, 0.1) is 10.9 Å². The second-order valence-electron chi connectivity index (χ2n) is 4.88. The minimum Gasteiger partial charge on any atom is -0.293 e. The Morgan fingerprint density at radius 2 is 1.95 bits per heavy atom. The van der Waals surface area contributed by atoms with Gasteiger partial charge in [-0.3, -0.25) is 4.90 Å². The van der Waals surface area contributed by atoms with Crippen molar-refractivity contribution < 1.29 is 8.42 Å². The van der Waals surface area contributed by atoms with Crippen molar-refractivity contribution in [3.63, 3.8) is 0 Å². The van der Waals surface area contributed by atoms with Gasteiger partial charge >= 0.3 is 0 Å². The third-order valence-corrected chi connectivity index (χ3v) is 5.33. The highest BCUT2D eigenvalue weighted by Gasteiger charge is 2.14. The van der Waals surface area contributed by atoms with Crippen LogP contribution in [0.4, 0.5) is 0 Å². The lowest BCUT2D eigenvalue weighted by Gasteiger charge is -2.23. The Labute approximate surface area is 124 Å². The number of aromatic nitrogens is 1. The molecule has 2 rings (SSSR count). The second-order valence-corrected chi connectivity index (χ2v) is 7.82. The maximum atomic E-state index is 11.4. The van der Waals surface area contributed by atoms with E-state index in [0.29, 0.717) is 4.90 Å². The molecule has 1 aromatic carbocycles. The SMILES string of the molecule is C[C@@H](c1nccs1)N(C)Cc1ccc(S(C)(=O)=O)cc1. The second kappa shape index (κ2) is 6.03. The van der Waals surface area contributed by atoms with E-state index in [2.05, 4.69) is 16.8 Å². The standard InChI is InChI=1S/C14H18N2O2S2/c1-11(14-15-8-9-19-14)16(2)10-12-4-6-13(7-5-12)20(3,17)18/h4-9,11H,10H2,1-3H3/t11-/m0/s1. The third kappa shape index (κ3) is 3.65. The number of hydrogen-bond acceptors (Lipinski definition) is 5. The molecule has 0 fully saturated rings. The van der Waals surface area contributed by atoms with Crippen molar-refractivity contribution in [1.82, 2.24) is 9.88 Å². The summed E-state index contributed by atoms with van der Waals surface area (Å²) in [5.41, 5.74) is 1.09. The summed E-state index contributed by atoms with van der Waals surface area (Å²) in [7, 11) is -1.08. The summed E-state index contributed by atoms with van der Waals surface area (Å²) in [5.74, 6) is 0. The van der Waals surface area contributed by atoms with Crippen molar-refractivity contribution in [2.24, 2.45) is 0 Å². The molecule has 0 aliphatic heterocycles. The summed E-state index contributed by atoms with van der Waals surface area (Å²) in [6.45, 7) is 2.87. The molecule has 0 saturated heterocycles. The van der Waals surface area contributed by atoms with E-state index >= 15 is 0 Å². The first-order valence-corrected chi connectivity index (χ1v) is 9.03. The summed E-state index contributed by atoms with van der Waals surface area (Å²) in [4.78, 5) is 6.87.